The van der Waals surface area contributed by atoms with E-state index < -0.39 is 23.6 Å². The molecular weight excluding hydrogens is 419 g/mol. The summed E-state index contributed by atoms with van der Waals surface area (Å²) in [4.78, 5) is 19.0. The predicted octanol–water partition coefficient (Wildman–Crippen LogP) is 3.89. The normalized spacial score (nSPS) is 13.7. The number of anilines is 2. The molecule has 4 rings (SSSR count). The van der Waals surface area contributed by atoms with Crippen molar-refractivity contribution in [2.24, 2.45) is 0 Å². The van der Waals surface area contributed by atoms with Crippen molar-refractivity contribution in [2.75, 3.05) is 18.0 Å². The Morgan fingerprint density at radius 2 is 1.91 bits per heavy atom. The first-order chi connectivity index (χ1) is 15.3. The van der Waals surface area contributed by atoms with Gasteiger partial charge in [0.1, 0.15) is 5.82 Å². The third-order valence-corrected chi connectivity index (χ3v) is 5.37. The van der Waals surface area contributed by atoms with Crippen LogP contribution in [0.3, 0.4) is 0 Å². The van der Waals surface area contributed by atoms with Gasteiger partial charge in [-0.25, -0.2) is 18.2 Å². The molecule has 0 fully saturated rings. The molecule has 1 aromatic heterocycles. The fourth-order valence-electron chi connectivity index (χ4n) is 3.88. The maximum Gasteiger partial charge on any atom is 0.251 e. The summed E-state index contributed by atoms with van der Waals surface area (Å²) in [5, 5.41) is 12.1. The van der Waals surface area contributed by atoms with Crippen molar-refractivity contribution in [2.45, 2.75) is 25.9 Å². The molecule has 1 aliphatic rings. The van der Waals surface area contributed by atoms with Crippen molar-refractivity contribution in [3.05, 3.63) is 88.4 Å². The Morgan fingerprint density at radius 1 is 1.16 bits per heavy atom. The topological polar surface area (TPSA) is 65.5 Å². The van der Waals surface area contributed by atoms with Crippen LogP contribution in [0.2, 0.25) is 0 Å². The van der Waals surface area contributed by atoms with Gasteiger partial charge in [-0.1, -0.05) is 6.07 Å². The number of rotatable bonds is 6. The number of aliphatic hydroxyl groups is 1. The average Bonchev–Trinajstić information content (AvgIpc) is 3.20. The maximum absolute atomic E-state index is 13.6. The van der Waals surface area contributed by atoms with Crippen molar-refractivity contribution in [1.29, 1.82) is 0 Å². The number of nitrogens with zero attached hydrogens (tertiary/aromatic N) is 2. The second kappa shape index (κ2) is 9.00. The van der Waals surface area contributed by atoms with Crippen LogP contribution in [0.4, 0.5) is 24.7 Å². The summed E-state index contributed by atoms with van der Waals surface area (Å²) in [6.45, 7) is 2.39. The molecule has 32 heavy (non-hydrogen) atoms. The highest BCUT2D eigenvalue weighted by Gasteiger charge is 2.26. The zero-order chi connectivity index (χ0) is 22.8. The number of halogens is 3. The van der Waals surface area contributed by atoms with Crippen LogP contribution in [0.5, 0.6) is 0 Å². The number of nitrogens with one attached hydrogen (secondary N) is 1. The molecule has 3 aromatic rings. The van der Waals surface area contributed by atoms with Crippen molar-refractivity contribution in [3.8, 4) is 0 Å². The van der Waals surface area contributed by atoms with Crippen LogP contribution < -0.4 is 10.2 Å². The summed E-state index contributed by atoms with van der Waals surface area (Å²) < 4.78 is 40.3. The van der Waals surface area contributed by atoms with E-state index in [1.54, 1.807) is 31.3 Å². The molecule has 2 aromatic carbocycles. The Morgan fingerprint density at radius 3 is 2.62 bits per heavy atom. The van der Waals surface area contributed by atoms with E-state index in [2.05, 4.69) is 10.3 Å². The summed E-state index contributed by atoms with van der Waals surface area (Å²) in [6, 6.07) is 11.0. The molecule has 5 nitrogen and oxygen atoms in total. The van der Waals surface area contributed by atoms with Crippen LogP contribution in [0, 0.1) is 17.5 Å². The van der Waals surface area contributed by atoms with Gasteiger partial charge in [-0.2, -0.15) is 0 Å². The van der Waals surface area contributed by atoms with Crippen LogP contribution in [0.1, 0.15) is 34.0 Å². The first-order valence-corrected chi connectivity index (χ1v) is 10.3. The van der Waals surface area contributed by atoms with E-state index in [1.807, 2.05) is 17.0 Å². The number of aromatic nitrogens is 1. The monoisotopic (exact) mass is 441 g/mol. The number of aliphatic hydroxyl groups excluding tert-OH is 1. The van der Waals surface area contributed by atoms with E-state index in [0.29, 0.717) is 29.9 Å². The van der Waals surface area contributed by atoms with Gasteiger partial charge >= 0.3 is 0 Å². The fraction of sp³-hybridized carbons (Fsp3) is 0.250. The Bertz CT molecular complexity index is 1140. The SMILES string of the molecule is C[C@H](O)CNC(=O)c1cccc2c1CCN2c1cc(Cc2cc(F)c(F)c(F)c2)ccn1. The molecule has 2 heterocycles. The lowest BCUT2D eigenvalue weighted by atomic mass is 10.0. The van der Waals surface area contributed by atoms with Crippen LogP contribution in [-0.4, -0.2) is 35.2 Å². The molecule has 0 radical (unpaired) electrons. The zero-order valence-electron chi connectivity index (χ0n) is 17.4. The quantitative estimate of drug-likeness (QED) is 0.570. The number of carbonyl (C=O) groups excluding carboxylic acids is 1. The fourth-order valence-corrected chi connectivity index (χ4v) is 3.88. The summed E-state index contributed by atoms with van der Waals surface area (Å²) in [7, 11) is 0. The van der Waals surface area contributed by atoms with Crippen LogP contribution in [-0.2, 0) is 12.8 Å². The Hall–Kier alpha value is -3.39. The minimum atomic E-state index is -1.48. The van der Waals surface area contributed by atoms with E-state index >= 15 is 0 Å². The number of amides is 1. The zero-order valence-corrected chi connectivity index (χ0v) is 17.4. The summed E-state index contributed by atoms with van der Waals surface area (Å²) in [5.74, 6) is -3.52. The summed E-state index contributed by atoms with van der Waals surface area (Å²) in [5.41, 5.74) is 3.39. The van der Waals surface area contributed by atoms with Gasteiger partial charge in [-0.05, 0) is 72.9 Å². The molecule has 0 unspecified atom stereocenters. The van der Waals surface area contributed by atoms with Gasteiger partial charge in [-0.15, -0.1) is 0 Å². The van der Waals surface area contributed by atoms with Gasteiger partial charge in [0.2, 0.25) is 0 Å². The Labute approximate surface area is 183 Å². The van der Waals surface area contributed by atoms with Gasteiger partial charge in [0.15, 0.2) is 17.5 Å². The highest BCUT2D eigenvalue weighted by atomic mass is 19.2. The van der Waals surface area contributed by atoms with E-state index in [-0.39, 0.29) is 18.9 Å². The minimum absolute atomic E-state index is 0.167. The van der Waals surface area contributed by atoms with E-state index in [0.717, 1.165) is 28.9 Å². The number of carbonyl (C=O) groups is 1. The molecule has 2 N–H and O–H groups in total. The van der Waals surface area contributed by atoms with Gasteiger partial charge in [0.25, 0.3) is 5.91 Å². The number of hydrogen-bond acceptors (Lipinski definition) is 4. The summed E-state index contributed by atoms with van der Waals surface area (Å²) >= 11 is 0. The second-order valence-corrected chi connectivity index (χ2v) is 7.84. The molecule has 8 heteroatoms. The third-order valence-electron chi connectivity index (χ3n) is 5.37. The molecule has 166 valence electrons. The first-order valence-electron chi connectivity index (χ1n) is 10.3. The standard InChI is InChI=1S/C24H22F3N3O2/c1-14(31)13-29-24(32)18-3-2-4-21-17(18)6-8-30(21)22-12-15(5-7-28-22)9-16-10-19(25)23(27)20(26)11-16/h2-5,7,10-12,14,31H,6,8-9,13H2,1H3,(H,29,32)/t14-/m0/s1. The summed E-state index contributed by atoms with van der Waals surface area (Å²) in [6.07, 6.45) is 1.83. The van der Waals surface area contributed by atoms with Crippen LogP contribution >= 0.6 is 0 Å². The molecule has 1 atom stereocenters. The Balaban J connectivity index is 1.58. The Kier molecular flexibility index (Phi) is 6.14. The lowest BCUT2D eigenvalue weighted by Gasteiger charge is -2.19. The minimum Gasteiger partial charge on any atom is -0.392 e. The van der Waals surface area contributed by atoms with Gasteiger partial charge < -0.3 is 15.3 Å². The molecule has 0 spiro atoms. The largest absolute Gasteiger partial charge is 0.392 e. The third kappa shape index (κ3) is 4.45. The molecule has 0 aliphatic carbocycles. The highest BCUT2D eigenvalue weighted by Crippen LogP contribution is 2.36. The molecule has 0 bridgehead atoms. The predicted molar refractivity (Wildman–Crippen MR) is 115 cm³/mol. The van der Waals surface area contributed by atoms with Crippen LogP contribution in [0.15, 0.2) is 48.7 Å². The number of hydrogen-bond donors (Lipinski definition) is 2. The highest BCUT2D eigenvalue weighted by molar-refractivity contribution is 5.98. The number of benzene rings is 2. The molecular formula is C24H22F3N3O2. The molecule has 1 amide bonds. The maximum atomic E-state index is 13.6. The smallest absolute Gasteiger partial charge is 0.251 e. The van der Waals surface area contributed by atoms with Crippen molar-refractivity contribution in [3.63, 3.8) is 0 Å². The van der Waals surface area contributed by atoms with E-state index in [1.165, 1.54) is 0 Å². The van der Waals surface area contributed by atoms with Crippen LogP contribution in [0.25, 0.3) is 0 Å². The molecule has 0 saturated carbocycles. The van der Waals surface area contributed by atoms with E-state index in [9.17, 15) is 23.1 Å². The molecule has 0 saturated heterocycles. The van der Waals surface area contributed by atoms with Crippen molar-refractivity contribution in [1.82, 2.24) is 10.3 Å². The lowest BCUT2D eigenvalue weighted by Crippen LogP contribution is -2.31. The van der Waals surface area contributed by atoms with Gasteiger partial charge in [-0.3, -0.25) is 4.79 Å². The first kappa shape index (κ1) is 21.8. The second-order valence-electron chi connectivity index (χ2n) is 7.84. The lowest BCUT2D eigenvalue weighted by molar-refractivity contribution is 0.0923. The van der Waals surface area contributed by atoms with E-state index in [4.69, 9.17) is 0 Å². The average molecular weight is 441 g/mol. The van der Waals surface area contributed by atoms with Gasteiger partial charge in [0.05, 0.1) is 6.10 Å². The number of fused-ring (bicyclic) bond motifs is 1. The number of pyridine rings is 1. The molecule has 1 aliphatic heterocycles. The van der Waals surface area contributed by atoms with Gasteiger partial charge in [0, 0.05) is 30.5 Å². The van der Waals surface area contributed by atoms with Crippen molar-refractivity contribution < 1.29 is 23.1 Å². The van der Waals surface area contributed by atoms with Crippen molar-refractivity contribution >= 4 is 17.4 Å².